The summed E-state index contributed by atoms with van der Waals surface area (Å²) in [6.07, 6.45) is -2.15. The van der Waals surface area contributed by atoms with Gasteiger partial charge in [0.25, 0.3) is 0 Å². The van der Waals surface area contributed by atoms with E-state index in [4.69, 9.17) is 5.73 Å². The van der Waals surface area contributed by atoms with Crippen LogP contribution in [0.15, 0.2) is 12.1 Å². The normalized spacial score (nSPS) is 21.2. The molecule has 0 radical (unpaired) electrons. The molecule has 1 aliphatic rings. The van der Waals surface area contributed by atoms with Crippen molar-refractivity contribution < 1.29 is 13.2 Å². The molecular formula is C10H11F3N2. The molecule has 1 aliphatic carbocycles. The van der Waals surface area contributed by atoms with E-state index in [1.165, 1.54) is 6.07 Å². The largest absolute Gasteiger partial charge is 0.433 e. The lowest BCUT2D eigenvalue weighted by Crippen LogP contribution is -2.20. The summed E-state index contributed by atoms with van der Waals surface area (Å²) < 4.78 is 37.1. The maximum Gasteiger partial charge on any atom is 0.433 e. The van der Waals surface area contributed by atoms with Crippen LogP contribution in [-0.4, -0.2) is 4.98 Å². The van der Waals surface area contributed by atoms with Crippen molar-refractivity contribution in [2.45, 2.75) is 31.5 Å². The van der Waals surface area contributed by atoms with Crippen LogP contribution in [-0.2, 0) is 12.6 Å². The molecule has 1 unspecified atom stereocenters. The van der Waals surface area contributed by atoms with Crippen molar-refractivity contribution in [3.63, 3.8) is 0 Å². The first-order valence-electron chi connectivity index (χ1n) is 4.81. The number of rotatable bonds is 0. The van der Waals surface area contributed by atoms with Gasteiger partial charge in [-0.25, -0.2) is 4.98 Å². The number of halogens is 3. The van der Waals surface area contributed by atoms with E-state index in [1.807, 2.05) is 0 Å². The zero-order valence-corrected chi connectivity index (χ0v) is 8.01. The van der Waals surface area contributed by atoms with Crippen LogP contribution in [0.3, 0.4) is 0 Å². The number of pyridine rings is 1. The third-order valence-corrected chi connectivity index (χ3v) is 2.63. The van der Waals surface area contributed by atoms with Gasteiger partial charge in [0.2, 0.25) is 0 Å². The summed E-state index contributed by atoms with van der Waals surface area (Å²) in [6, 6.07) is 2.29. The molecule has 0 saturated carbocycles. The number of fused-ring (bicyclic) bond motifs is 1. The van der Waals surface area contributed by atoms with Gasteiger partial charge < -0.3 is 5.73 Å². The van der Waals surface area contributed by atoms with E-state index in [-0.39, 0.29) is 6.04 Å². The fraction of sp³-hybridized carbons (Fsp3) is 0.500. The van der Waals surface area contributed by atoms with Gasteiger partial charge >= 0.3 is 6.18 Å². The van der Waals surface area contributed by atoms with E-state index in [2.05, 4.69) is 4.98 Å². The fourth-order valence-electron chi connectivity index (χ4n) is 1.85. The Hall–Kier alpha value is -1.10. The molecule has 0 amide bonds. The zero-order valence-electron chi connectivity index (χ0n) is 8.01. The molecule has 5 heteroatoms. The molecule has 2 rings (SSSR count). The van der Waals surface area contributed by atoms with Gasteiger partial charge in [-0.05, 0) is 30.9 Å². The van der Waals surface area contributed by atoms with Crippen LogP contribution in [0.5, 0.6) is 0 Å². The monoisotopic (exact) mass is 216 g/mol. The lowest BCUT2D eigenvalue weighted by molar-refractivity contribution is -0.141. The fourth-order valence-corrected chi connectivity index (χ4v) is 1.85. The highest BCUT2D eigenvalue weighted by Gasteiger charge is 2.33. The molecule has 0 bridgehead atoms. The highest BCUT2D eigenvalue weighted by molar-refractivity contribution is 5.29. The van der Waals surface area contributed by atoms with E-state index in [0.29, 0.717) is 12.1 Å². The van der Waals surface area contributed by atoms with Crippen molar-refractivity contribution in [1.29, 1.82) is 0 Å². The lowest BCUT2D eigenvalue weighted by Gasteiger charge is -2.22. The van der Waals surface area contributed by atoms with Crippen molar-refractivity contribution >= 4 is 0 Å². The highest BCUT2D eigenvalue weighted by atomic mass is 19.4. The Morgan fingerprint density at radius 2 is 2.07 bits per heavy atom. The van der Waals surface area contributed by atoms with Crippen LogP contribution in [0.4, 0.5) is 13.2 Å². The number of nitrogens with two attached hydrogens (primary N) is 1. The second-order valence-electron chi connectivity index (χ2n) is 3.73. The predicted octanol–water partition coefficient (Wildman–Crippen LogP) is 2.44. The van der Waals surface area contributed by atoms with E-state index in [1.54, 1.807) is 0 Å². The molecule has 1 aromatic heterocycles. The smallest absolute Gasteiger partial charge is 0.324 e. The molecule has 0 saturated heterocycles. The average Bonchev–Trinajstić information content (AvgIpc) is 2.16. The quantitative estimate of drug-likeness (QED) is 0.723. The summed E-state index contributed by atoms with van der Waals surface area (Å²) >= 11 is 0. The summed E-state index contributed by atoms with van der Waals surface area (Å²) in [5, 5.41) is 0. The number of hydrogen-bond donors (Lipinski definition) is 1. The maximum atomic E-state index is 12.4. The molecule has 1 heterocycles. The second-order valence-corrected chi connectivity index (χ2v) is 3.73. The topological polar surface area (TPSA) is 38.9 Å². The molecule has 0 aliphatic heterocycles. The van der Waals surface area contributed by atoms with E-state index in [9.17, 15) is 13.2 Å². The predicted molar refractivity (Wildman–Crippen MR) is 49.1 cm³/mol. The molecule has 1 atom stereocenters. The van der Waals surface area contributed by atoms with E-state index in [0.717, 1.165) is 24.5 Å². The first kappa shape index (κ1) is 10.4. The van der Waals surface area contributed by atoms with Gasteiger partial charge in [-0.15, -0.1) is 0 Å². The summed E-state index contributed by atoms with van der Waals surface area (Å²) in [7, 11) is 0. The standard InChI is InChI=1S/C10H11F3N2/c11-10(12,13)9-5-4-6-7(14)2-1-3-8(6)15-9/h4-5,7H,1-3,14H2. The Kier molecular flexibility index (Phi) is 2.42. The summed E-state index contributed by atoms with van der Waals surface area (Å²) in [4.78, 5) is 3.63. The van der Waals surface area contributed by atoms with Crippen LogP contribution in [0.2, 0.25) is 0 Å². The molecule has 82 valence electrons. The molecule has 0 aromatic carbocycles. The molecule has 1 aromatic rings. The van der Waals surface area contributed by atoms with Crippen molar-refractivity contribution in [3.8, 4) is 0 Å². The maximum absolute atomic E-state index is 12.4. The highest BCUT2D eigenvalue weighted by Crippen LogP contribution is 2.32. The van der Waals surface area contributed by atoms with Crippen molar-refractivity contribution in [2.24, 2.45) is 5.73 Å². The molecular weight excluding hydrogens is 205 g/mol. The third kappa shape index (κ3) is 1.97. The SMILES string of the molecule is NC1CCCc2nc(C(F)(F)F)ccc21. The molecule has 2 N–H and O–H groups in total. The average molecular weight is 216 g/mol. The molecule has 2 nitrogen and oxygen atoms in total. The number of nitrogens with zero attached hydrogens (tertiary/aromatic N) is 1. The third-order valence-electron chi connectivity index (χ3n) is 2.63. The van der Waals surface area contributed by atoms with Crippen LogP contribution < -0.4 is 5.73 Å². The Labute approximate surface area is 85.3 Å². The number of aryl methyl sites for hydroxylation is 1. The molecule has 0 spiro atoms. The lowest BCUT2D eigenvalue weighted by atomic mass is 9.92. The van der Waals surface area contributed by atoms with Crippen LogP contribution >= 0.6 is 0 Å². The molecule has 0 fully saturated rings. The van der Waals surface area contributed by atoms with Crippen molar-refractivity contribution in [2.75, 3.05) is 0 Å². The summed E-state index contributed by atoms with van der Waals surface area (Å²) in [6.45, 7) is 0. The van der Waals surface area contributed by atoms with Gasteiger partial charge in [-0.2, -0.15) is 13.2 Å². The van der Waals surface area contributed by atoms with E-state index >= 15 is 0 Å². The number of hydrogen-bond acceptors (Lipinski definition) is 2. The first-order valence-corrected chi connectivity index (χ1v) is 4.81. The number of aromatic nitrogens is 1. The van der Waals surface area contributed by atoms with Crippen LogP contribution in [0.25, 0.3) is 0 Å². The molecule has 15 heavy (non-hydrogen) atoms. The minimum Gasteiger partial charge on any atom is -0.324 e. The van der Waals surface area contributed by atoms with Gasteiger partial charge in [0.1, 0.15) is 5.69 Å². The second kappa shape index (κ2) is 3.48. The Bertz CT molecular complexity index is 373. The Morgan fingerprint density at radius 1 is 1.33 bits per heavy atom. The van der Waals surface area contributed by atoms with Crippen molar-refractivity contribution in [1.82, 2.24) is 4.98 Å². The van der Waals surface area contributed by atoms with Gasteiger partial charge in [-0.1, -0.05) is 6.07 Å². The van der Waals surface area contributed by atoms with Crippen LogP contribution in [0.1, 0.15) is 35.8 Å². The van der Waals surface area contributed by atoms with E-state index < -0.39 is 11.9 Å². The minimum absolute atomic E-state index is 0.163. The number of alkyl halides is 3. The van der Waals surface area contributed by atoms with Crippen LogP contribution in [0, 0.1) is 0 Å². The Balaban J connectivity index is 2.42. The first-order chi connectivity index (χ1) is 6.98. The minimum atomic E-state index is -4.36. The van der Waals surface area contributed by atoms with Gasteiger partial charge in [0.15, 0.2) is 0 Å². The Morgan fingerprint density at radius 3 is 2.73 bits per heavy atom. The summed E-state index contributed by atoms with van der Waals surface area (Å²) in [5.74, 6) is 0. The van der Waals surface area contributed by atoms with Crippen molar-refractivity contribution in [3.05, 3.63) is 29.1 Å². The van der Waals surface area contributed by atoms with Gasteiger partial charge in [0, 0.05) is 11.7 Å². The zero-order chi connectivity index (χ0) is 11.1. The van der Waals surface area contributed by atoms with Gasteiger partial charge in [0.05, 0.1) is 0 Å². The summed E-state index contributed by atoms with van der Waals surface area (Å²) in [5.41, 5.74) is 6.22. The van der Waals surface area contributed by atoms with Gasteiger partial charge in [-0.3, -0.25) is 0 Å².